The van der Waals surface area contributed by atoms with Gasteiger partial charge in [-0.25, -0.2) is 0 Å². The van der Waals surface area contributed by atoms with Crippen LogP contribution in [0.15, 0.2) is 18.2 Å². The van der Waals surface area contributed by atoms with Crippen molar-refractivity contribution in [3.8, 4) is 0 Å². The van der Waals surface area contributed by atoms with Crippen LogP contribution in [0.1, 0.15) is 28.8 Å². The lowest BCUT2D eigenvalue weighted by Gasteiger charge is -2.12. The van der Waals surface area contributed by atoms with Crippen LogP contribution in [0.5, 0.6) is 0 Å². The number of nitro benzene ring substituents is 1. The van der Waals surface area contributed by atoms with E-state index in [-0.39, 0.29) is 6.04 Å². The van der Waals surface area contributed by atoms with Gasteiger partial charge in [0.1, 0.15) is 0 Å². The molecule has 0 spiro atoms. The van der Waals surface area contributed by atoms with Gasteiger partial charge in [0.05, 0.1) is 16.1 Å². The minimum atomic E-state index is -4.73. The Hall–Kier alpha value is -2.12. The van der Waals surface area contributed by atoms with Crippen molar-refractivity contribution in [1.29, 1.82) is 0 Å². The monoisotopic (exact) mass is 274 g/mol. The first-order valence-corrected chi connectivity index (χ1v) is 5.45. The van der Waals surface area contributed by atoms with Crippen LogP contribution in [0.2, 0.25) is 0 Å². The van der Waals surface area contributed by atoms with Crippen LogP contribution < -0.4 is 5.32 Å². The Morgan fingerprint density at radius 2 is 2.00 bits per heavy atom. The summed E-state index contributed by atoms with van der Waals surface area (Å²) in [7, 11) is 0. The molecule has 0 aliphatic heterocycles. The van der Waals surface area contributed by atoms with Crippen LogP contribution >= 0.6 is 0 Å². The fraction of sp³-hybridized carbons (Fsp3) is 0.364. The Bertz CT molecular complexity index is 538. The SMILES string of the molecule is O=C(NC1CC1)c1cc([N+](=O)[O-])ccc1C(F)(F)F. The number of hydrogen-bond donors (Lipinski definition) is 1. The number of hydrogen-bond acceptors (Lipinski definition) is 3. The zero-order valence-electron chi connectivity index (χ0n) is 9.53. The topological polar surface area (TPSA) is 72.2 Å². The molecule has 1 amide bonds. The summed E-state index contributed by atoms with van der Waals surface area (Å²) in [5, 5.41) is 13.0. The van der Waals surface area contributed by atoms with Crippen LogP contribution in [-0.4, -0.2) is 16.9 Å². The second-order valence-corrected chi connectivity index (χ2v) is 4.23. The highest BCUT2D eigenvalue weighted by atomic mass is 19.4. The van der Waals surface area contributed by atoms with Gasteiger partial charge in [-0.1, -0.05) is 0 Å². The molecule has 1 aliphatic rings. The number of amides is 1. The van der Waals surface area contributed by atoms with Crippen LogP contribution in [0, 0.1) is 10.1 Å². The van der Waals surface area contributed by atoms with Crippen LogP contribution in [0.4, 0.5) is 18.9 Å². The molecule has 0 heterocycles. The van der Waals surface area contributed by atoms with Gasteiger partial charge in [0, 0.05) is 18.2 Å². The van der Waals surface area contributed by atoms with Gasteiger partial charge >= 0.3 is 6.18 Å². The maximum atomic E-state index is 12.7. The molecule has 1 N–H and O–H groups in total. The molecule has 1 saturated carbocycles. The highest BCUT2D eigenvalue weighted by Crippen LogP contribution is 2.34. The van der Waals surface area contributed by atoms with E-state index in [4.69, 9.17) is 0 Å². The van der Waals surface area contributed by atoms with Crippen LogP contribution in [-0.2, 0) is 6.18 Å². The Morgan fingerprint density at radius 3 is 2.47 bits per heavy atom. The predicted octanol–water partition coefficient (Wildman–Crippen LogP) is 2.51. The van der Waals surface area contributed by atoms with E-state index < -0.39 is 33.8 Å². The number of nitrogens with one attached hydrogen (secondary N) is 1. The molecule has 0 atom stereocenters. The van der Waals surface area contributed by atoms with E-state index in [0.717, 1.165) is 6.07 Å². The van der Waals surface area contributed by atoms with Crippen molar-refractivity contribution in [1.82, 2.24) is 5.32 Å². The molecule has 0 bridgehead atoms. The normalized spacial score (nSPS) is 15.1. The maximum absolute atomic E-state index is 12.7. The maximum Gasteiger partial charge on any atom is 0.417 e. The van der Waals surface area contributed by atoms with Gasteiger partial charge in [-0.05, 0) is 18.9 Å². The minimum Gasteiger partial charge on any atom is -0.349 e. The summed E-state index contributed by atoms with van der Waals surface area (Å²) in [5.74, 6) is -0.932. The molecule has 0 saturated heterocycles. The van der Waals surface area contributed by atoms with Gasteiger partial charge in [0.2, 0.25) is 0 Å². The van der Waals surface area contributed by atoms with Crippen molar-refractivity contribution < 1.29 is 22.9 Å². The number of nitrogens with zero attached hydrogens (tertiary/aromatic N) is 1. The van der Waals surface area contributed by atoms with E-state index >= 15 is 0 Å². The first-order chi connectivity index (χ1) is 8.79. The number of alkyl halides is 3. The number of carbonyl (C=O) groups is 1. The summed E-state index contributed by atoms with van der Waals surface area (Å²) in [6.45, 7) is 0. The Labute approximate surface area is 105 Å². The minimum absolute atomic E-state index is 0.132. The average molecular weight is 274 g/mol. The van der Waals surface area contributed by atoms with Crippen LogP contribution in [0.25, 0.3) is 0 Å². The van der Waals surface area contributed by atoms with E-state index in [9.17, 15) is 28.1 Å². The van der Waals surface area contributed by atoms with E-state index in [1.165, 1.54) is 0 Å². The predicted molar refractivity (Wildman–Crippen MR) is 58.6 cm³/mol. The van der Waals surface area contributed by atoms with Gasteiger partial charge in [-0.3, -0.25) is 14.9 Å². The summed E-state index contributed by atoms with van der Waals surface area (Å²) >= 11 is 0. The fourth-order valence-corrected chi connectivity index (χ4v) is 1.57. The lowest BCUT2D eigenvalue weighted by Crippen LogP contribution is -2.28. The van der Waals surface area contributed by atoms with E-state index in [2.05, 4.69) is 5.32 Å². The van der Waals surface area contributed by atoms with Gasteiger partial charge in [0.15, 0.2) is 0 Å². The molecule has 0 unspecified atom stereocenters. The smallest absolute Gasteiger partial charge is 0.349 e. The molecule has 5 nitrogen and oxygen atoms in total. The van der Waals surface area contributed by atoms with Gasteiger partial charge in [0.25, 0.3) is 11.6 Å². The highest BCUT2D eigenvalue weighted by molar-refractivity contribution is 5.96. The van der Waals surface area contributed by atoms with Crippen molar-refractivity contribution in [2.45, 2.75) is 25.1 Å². The Kier molecular flexibility index (Phi) is 3.17. The summed E-state index contributed by atoms with van der Waals surface area (Å²) in [5.41, 5.74) is -2.43. The van der Waals surface area contributed by atoms with Crippen LogP contribution in [0.3, 0.4) is 0 Å². The average Bonchev–Trinajstić information content (AvgIpc) is 3.10. The molecule has 102 valence electrons. The number of carbonyl (C=O) groups excluding carboxylic acids is 1. The van der Waals surface area contributed by atoms with Crippen molar-refractivity contribution >= 4 is 11.6 Å². The van der Waals surface area contributed by atoms with Crippen molar-refractivity contribution in [3.63, 3.8) is 0 Å². The number of benzene rings is 1. The Morgan fingerprint density at radius 1 is 1.37 bits per heavy atom. The molecule has 1 fully saturated rings. The van der Waals surface area contributed by atoms with Crippen molar-refractivity contribution in [2.75, 3.05) is 0 Å². The van der Waals surface area contributed by atoms with E-state index in [1.54, 1.807) is 0 Å². The number of nitro groups is 1. The first kappa shape index (κ1) is 13.3. The van der Waals surface area contributed by atoms with Gasteiger partial charge in [-0.15, -0.1) is 0 Å². The summed E-state index contributed by atoms with van der Waals surface area (Å²) in [6.07, 6.45) is -3.31. The highest BCUT2D eigenvalue weighted by Gasteiger charge is 2.37. The third-order valence-corrected chi connectivity index (χ3v) is 2.68. The van der Waals surface area contributed by atoms with Gasteiger partial charge < -0.3 is 5.32 Å². The van der Waals surface area contributed by atoms with Gasteiger partial charge in [-0.2, -0.15) is 13.2 Å². The second kappa shape index (κ2) is 4.52. The van der Waals surface area contributed by atoms with Crippen molar-refractivity contribution in [2.24, 2.45) is 0 Å². The molecular weight excluding hydrogens is 265 g/mol. The largest absolute Gasteiger partial charge is 0.417 e. The molecule has 1 aromatic carbocycles. The van der Waals surface area contributed by atoms with Crippen molar-refractivity contribution in [3.05, 3.63) is 39.4 Å². The fourth-order valence-electron chi connectivity index (χ4n) is 1.57. The zero-order valence-corrected chi connectivity index (χ0v) is 9.53. The summed E-state index contributed by atoms with van der Waals surface area (Å²) in [4.78, 5) is 21.4. The number of rotatable bonds is 3. The third kappa shape index (κ3) is 3.01. The molecule has 0 radical (unpaired) electrons. The lowest BCUT2D eigenvalue weighted by atomic mass is 10.1. The van der Waals surface area contributed by atoms with E-state index in [0.29, 0.717) is 25.0 Å². The number of non-ortho nitro benzene ring substituents is 1. The number of halogens is 3. The molecule has 8 heteroatoms. The standard InChI is InChI=1S/C11H9F3N2O3/c12-11(13,14)9-4-3-7(16(18)19)5-8(9)10(17)15-6-1-2-6/h3-6H,1-2H2,(H,15,17). The quantitative estimate of drug-likeness (QED) is 0.680. The molecule has 2 rings (SSSR count). The second-order valence-electron chi connectivity index (χ2n) is 4.23. The first-order valence-electron chi connectivity index (χ1n) is 5.45. The molecule has 1 aliphatic carbocycles. The summed E-state index contributed by atoms with van der Waals surface area (Å²) in [6, 6.07) is 1.81. The third-order valence-electron chi connectivity index (χ3n) is 2.68. The van der Waals surface area contributed by atoms with E-state index in [1.807, 2.05) is 0 Å². The lowest BCUT2D eigenvalue weighted by molar-refractivity contribution is -0.384. The molecular formula is C11H9F3N2O3. The molecule has 1 aromatic rings. The Balaban J connectivity index is 2.42. The molecule has 19 heavy (non-hydrogen) atoms. The summed E-state index contributed by atoms with van der Waals surface area (Å²) < 4.78 is 38.2. The molecule has 0 aromatic heterocycles. The zero-order chi connectivity index (χ0) is 14.2.